The Hall–Kier alpha value is -2.31. The summed E-state index contributed by atoms with van der Waals surface area (Å²) in [6, 6.07) is 6.14. The molecule has 6 nitrogen and oxygen atoms in total. The molecule has 2 heterocycles. The molecule has 24 heavy (non-hydrogen) atoms. The molecule has 1 unspecified atom stereocenters. The van der Waals surface area contributed by atoms with Crippen LogP contribution in [0, 0.1) is 0 Å². The molecule has 2 N–H and O–H groups in total. The van der Waals surface area contributed by atoms with E-state index in [0.29, 0.717) is 23.8 Å². The number of pyridine rings is 1. The molecule has 1 aliphatic rings. The first-order valence-electron chi connectivity index (χ1n) is 7.88. The van der Waals surface area contributed by atoms with Crippen molar-refractivity contribution < 1.29 is 14.2 Å². The van der Waals surface area contributed by atoms with Gasteiger partial charge in [-0.3, -0.25) is 9.88 Å². The van der Waals surface area contributed by atoms with Crippen molar-refractivity contribution >= 4 is 0 Å². The Morgan fingerprint density at radius 2 is 1.83 bits per heavy atom. The topological polar surface area (TPSA) is 69.8 Å². The molecule has 0 saturated carbocycles. The second-order valence-corrected chi connectivity index (χ2v) is 5.73. The molecule has 0 bridgehead atoms. The summed E-state index contributed by atoms with van der Waals surface area (Å²) in [6.45, 7) is 2.09. The Morgan fingerprint density at radius 1 is 1.12 bits per heavy atom. The highest BCUT2D eigenvalue weighted by Gasteiger charge is 2.35. The van der Waals surface area contributed by atoms with Crippen molar-refractivity contribution in [2.24, 2.45) is 5.73 Å². The molecule has 1 aromatic carbocycles. The number of rotatable bonds is 6. The van der Waals surface area contributed by atoms with Crippen LogP contribution in [0.15, 0.2) is 30.6 Å². The van der Waals surface area contributed by atoms with Gasteiger partial charge < -0.3 is 19.9 Å². The Labute approximate surface area is 142 Å². The highest BCUT2D eigenvalue weighted by Crippen LogP contribution is 2.49. The van der Waals surface area contributed by atoms with Crippen molar-refractivity contribution in [3.63, 3.8) is 0 Å². The number of nitrogens with two attached hydrogens (primary N) is 1. The summed E-state index contributed by atoms with van der Waals surface area (Å²) < 4.78 is 16.6. The third-order valence-corrected chi connectivity index (χ3v) is 4.46. The molecule has 1 atom stereocenters. The first-order valence-corrected chi connectivity index (χ1v) is 7.88. The second kappa shape index (κ2) is 7.07. The molecular weight excluding hydrogens is 306 g/mol. The molecule has 0 fully saturated rings. The van der Waals surface area contributed by atoms with E-state index in [0.717, 1.165) is 24.2 Å². The molecule has 1 aromatic heterocycles. The Morgan fingerprint density at radius 3 is 2.42 bits per heavy atom. The summed E-state index contributed by atoms with van der Waals surface area (Å²) in [5.74, 6) is 2.00. The standard InChI is InChI=1S/C18H23N3O3/c1-22-15-8-13-11-21(10-12-4-6-20-7-5-12)14(9-19)16(13)18(24-3)17(15)23-2/h4-8,14H,9-11,19H2,1-3H3. The van der Waals surface area contributed by atoms with Gasteiger partial charge in [0.15, 0.2) is 11.5 Å². The second-order valence-electron chi connectivity index (χ2n) is 5.73. The molecule has 0 amide bonds. The smallest absolute Gasteiger partial charge is 0.203 e. The zero-order valence-corrected chi connectivity index (χ0v) is 14.3. The number of methoxy groups -OCH3 is 3. The van der Waals surface area contributed by atoms with E-state index in [1.165, 1.54) is 5.56 Å². The normalized spacial score (nSPS) is 16.8. The van der Waals surface area contributed by atoms with E-state index in [-0.39, 0.29) is 6.04 Å². The van der Waals surface area contributed by atoms with Crippen molar-refractivity contribution in [3.05, 3.63) is 47.3 Å². The number of ether oxygens (including phenoxy) is 3. The van der Waals surface area contributed by atoms with Crippen LogP contribution in [0.25, 0.3) is 0 Å². The molecule has 0 spiro atoms. The van der Waals surface area contributed by atoms with Gasteiger partial charge in [0.25, 0.3) is 0 Å². The largest absolute Gasteiger partial charge is 0.493 e. The summed E-state index contributed by atoms with van der Waals surface area (Å²) in [5.41, 5.74) is 9.55. The van der Waals surface area contributed by atoms with E-state index in [4.69, 9.17) is 19.9 Å². The number of fused-ring (bicyclic) bond motifs is 1. The predicted octanol–water partition coefficient (Wildman–Crippen LogP) is 2.12. The Kier molecular flexibility index (Phi) is 4.87. The molecule has 128 valence electrons. The van der Waals surface area contributed by atoms with Crippen molar-refractivity contribution in [2.45, 2.75) is 19.1 Å². The van der Waals surface area contributed by atoms with Crippen LogP contribution in [-0.2, 0) is 13.1 Å². The lowest BCUT2D eigenvalue weighted by Crippen LogP contribution is -2.27. The van der Waals surface area contributed by atoms with E-state index in [2.05, 4.69) is 9.88 Å². The fraction of sp³-hybridized carbons (Fsp3) is 0.389. The average Bonchev–Trinajstić information content (AvgIpc) is 2.97. The molecule has 0 aliphatic carbocycles. The van der Waals surface area contributed by atoms with Gasteiger partial charge in [-0.2, -0.15) is 0 Å². The lowest BCUT2D eigenvalue weighted by molar-refractivity contribution is 0.208. The number of nitrogens with zero attached hydrogens (tertiary/aromatic N) is 2. The van der Waals surface area contributed by atoms with E-state index in [1.54, 1.807) is 21.3 Å². The maximum Gasteiger partial charge on any atom is 0.203 e. The summed E-state index contributed by atoms with van der Waals surface area (Å²) >= 11 is 0. The van der Waals surface area contributed by atoms with Gasteiger partial charge in [-0.15, -0.1) is 0 Å². The first-order chi connectivity index (χ1) is 11.7. The van der Waals surface area contributed by atoms with E-state index < -0.39 is 0 Å². The maximum absolute atomic E-state index is 6.10. The van der Waals surface area contributed by atoms with E-state index in [1.807, 2.05) is 30.6 Å². The highest BCUT2D eigenvalue weighted by atomic mass is 16.5. The molecule has 1 aliphatic heterocycles. The van der Waals surface area contributed by atoms with Gasteiger partial charge in [0, 0.05) is 37.6 Å². The number of hydrogen-bond donors (Lipinski definition) is 1. The van der Waals surface area contributed by atoms with Crippen LogP contribution in [0.3, 0.4) is 0 Å². The van der Waals surface area contributed by atoms with E-state index in [9.17, 15) is 0 Å². The SMILES string of the molecule is COc1cc2c(c(OC)c1OC)C(CN)N(Cc1ccncc1)C2. The highest BCUT2D eigenvalue weighted by molar-refractivity contribution is 5.61. The van der Waals surface area contributed by atoms with Gasteiger partial charge >= 0.3 is 0 Å². The van der Waals surface area contributed by atoms with Crippen LogP contribution in [-0.4, -0.2) is 37.8 Å². The minimum atomic E-state index is 0.0721. The Bertz CT molecular complexity index is 706. The average molecular weight is 329 g/mol. The maximum atomic E-state index is 6.10. The molecule has 3 rings (SSSR count). The first kappa shape index (κ1) is 16.5. The van der Waals surface area contributed by atoms with Crippen LogP contribution in [0.5, 0.6) is 17.2 Å². The van der Waals surface area contributed by atoms with Gasteiger partial charge in [-0.1, -0.05) is 0 Å². The minimum absolute atomic E-state index is 0.0721. The monoisotopic (exact) mass is 329 g/mol. The quantitative estimate of drug-likeness (QED) is 0.875. The Balaban J connectivity index is 2.01. The molecule has 0 saturated heterocycles. The van der Waals surface area contributed by atoms with Crippen LogP contribution in [0.1, 0.15) is 22.7 Å². The van der Waals surface area contributed by atoms with Crippen molar-refractivity contribution in [3.8, 4) is 17.2 Å². The minimum Gasteiger partial charge on any atom is -0.493 e. The van der Waals surface area contributed by atoms with Crippen LogP contribution in [0.4, 0.5) is 0 Å². The van der Waals surface area contributed by atoms with Gasteiger partial charge in [-0.05, 0) is 29.3 Å². The van der Waals surface area contributed by atoms with Crippen LogP contribution >= 0.6 is 0 Å². The number of benzene rings is 1. The third-order valence-electron chi connectivity index (χ3n) is 4.46. The lowest BCUT2D eigenvalue weighted by atomic mass is 10.0. The zero-order valence-electron chi connectivity index (χ0n) is 14.3. The molecule has 2 aromatic rings. The van der Waals surface area contributed by atoms with Gasteiger partial charge in [0.05, 0.1) is 27.4 Å². The van der Waals surface area contributed by atoms with Gasteiger partial charge in [0.2, 0.25) is 5.75 Å². The number of aromatic nitrogens is 1. The third kappa shape index (κ3) is 2.79. The fourth-order valence-corrected chi connectivity index (χ4v) is 3.39. The summed E-state index contributed by atoms with van der Waals surface area (Å²) in [7, 11) is 4.90. The molecule has 0 radical (unpaired) electrons. The fourth-order valence-electron chi connectivity index (χ4n) is 3.39. The van der Waals surface area contributed by atoms with Gasteiger partial charge in [-0.25, -0.2) is 0 Å². The van der Waals surface area contributed by atoms with Crippen molar-refractivity contribution in [1.82, 2.24) is 9.88 Å². The zero-order chi connectivity index (χ0) is 17.1. The lowest BCUT2D eigenvalue weighted by Gasteiger charge is -2.25. The summed E-state index contributed by atoms with van der Waals surface area (Å²) in [6.07, 6.45) is 3.62. The predicted molar refractivity (Wildman–Crippen MR) is 91.4 cm³/mol. The summed E-state index contributed by atoms with van der Waals surface area (Å²) in [5, 5.41) is 0. The molecule has 6 heteroatoms. The van der Waals surface area contributed by atoms with Crippen LogP contribution in [0.2, 0.25) is 0 Å². The van der Waals surface area contributed by atoms with Crippen molar-refractivity contribution in [1.29, 1.82) is 0 Å². The van der Waals surface area contributed by atoms with Crippen molar-refractivity contribution in [2.75, 3.05) is 27.9 Å². The van der Waals surface area contributed by atoms with Gasteiger partial charge in [0.1, 0.15) is 0 Å². The summed E-state index contributed by atoms with van der Waals surface area (Å²) in [4.78, 5) is 6.41. The number of hydrogen-bond acceptors (Lipinski definition) is 6. The molecular formula is C18H23N3O3. The van der Waals surface area contributed by atoms with Crippen LogP contribution < -0.4 is 19.9 Å². The van der Waals surface area contributed by atoms with E-state index >= 15 is 0 Å².